The molecule has 0 aliphatic carbocycles. The fourth-order valence-corrected chi connectivity index (χ4v) is 2.18. The summed E-state index contributed by atoms with van der Waals surface area (Å²) in [4.78, 5) is 15.4. The third kappa shape index (κ3) is 2.84. The normalized spacial score (nSPS) is 13.2. The van der Waals surface area contributed by atoms with E-state index in [0.717, 1.165) is 11.3 Å². The molecular formula is C15H14N4O2. The topological polar surface area (TPSA) is 101 Å². The van der Waals surface area contributed by atoms with Crippen LogP contribution in [0.15, 0.2) is 36.5 Å². The fraction of sp³-hybridized carbons (Fsp3) is 0.133. The van der Waals surface area contributed by atoms with Gasteiger partial charge in [-0.2, -0.15) is 0 Å². The lowest BCUT2D eigenvalue weighted by Gasteiger charge is -2.17. The van der Waals surface area contributed by atoms with E-state index in [0.29, 0.717) is 30.0 Å². The number of anilines is 1. The molecule has 1 aliphatic heterocycles. The SMILES string of the molecule is N=C(N)c1ccnc(Oc2ccc3c(c2)CCC(=O)N3)c1. The van der Waals surface area contributed by atoms with Crippen molar-refractivity contribution in [2.24, 2.45) is 5.73 Å². The van der Waals surface area contributed by atoms with Gasteiger partial charge in [0.2, 0.25) is 11.8 Å². The number of pyridine rings is 1. The number of rotatable bonds is 3. The molecule has 0 atom stereocenters. The zero-order chi connectivity index (χ0) is 14.8. The number of carbonyl (C=O) groups is 1. The zero-order valence-corrected chi connectivity index (χ0v) is 11.2. The van der Waals surface area contributed by atoms with Crippen molar-refractivity contribution in [1.82, 2.24) is 4.98 Å². The van der Waals surface area contributed by atoms with E-state index in [1.165, 1.54) is 0 Å². The molecule has 6 heteroatoms. The van der Waals surface area contributed by atoms with Crippen molar-refractivity contribution >= 4 is 17.4 Å². The van der Waals surface area contributed by atoms with Gasteiger partial charge in [-0.05, 0) is 36.2 Å². The molecule has 1 aromatic carbocycles. The van der Waals surface area contributed by atoms with Crippen molar-refractivity contribution in [3.8, 4) is 11.6 Å². The Bertz CT molecular complexity index is 727. The van der Waals surface area contributed by atoms with Gasteiger partial charge in [-0.1, -0.05) is 0 Å². The fourth-order valence-electron chi connectivity index (χ4n) is 2.18. The van der Waals surface area contributed by atoms with Crippen LogP contribution in [0, 0.1) is 5.41 Å². The molecule has 0 saturated carbocycles. The molecule has 0 bridgehead atoms. The smallest absolute Gasteiger partial charge is 0.224 e. The van der Waals surface area contributed by atoms with Gasteiger partial charge in [-0.15, -0.1) is 0 Å². The predicted molar refractivity (Wildman–Crippen MR) is 78.7 cm³/mol. The van der Waals surface area contributed by atoms with Crippen molar-refractivity contribution in [3.63, 3.8) is 0 Å². The van der Waals surface area contributed by atoms with Crippen molar-refractivity contribution in [3.05, 3.63) is 47.7 Å². The van der Waals surface area contributed by atoms with E-state index in [2.05, 4.69) is 10.3 Å². The molecule has 2 aromatic rings. The number of hydrogen-bond acceptors (Lipinski definition) is 4. The highest BCUT2D eigenvalue weighted by Crippen LogP contribution is 2.29. The zero-order valence-electron chi connectivity index (χ0n) is 11.2. The number of hydrogen-bond donors (Lipinski definition) is 3. The van der Waals surface area contributed by atoms with Crippen molar-refractivity contribution < 1.29 is 9.53 Å². The average Bonchev–Trinajstić information content (AvgIpc) is 2.48. The monoisotopic (exact) mass is 282 g/mol. The van der Waals surface area contributed by atoms with Crippen LogP contribution in [0.25, 0.3) is 0 Å². The summed E-state index contributed by atoms with van der Waals surface area (Å²) in [6.07, 6.45) is 2.72. The Hall–Kier alpha value is -2.89. The Morgan fingerprint density at radius 3 is 2.95 bits per heavy atom. The van der Waals surface area contributed by atoms with E-state index in [1.54, 1.807) is 24.4 Å². The van der Waals surface area contributed by atoms with Gasteiger partial charge in [-0.3, -0.25) is 10.2 Å². The predicted octanol–water partition coefficient (Wildman–Crippen LogP) is 2.04. The number of ether oxygens (including phenoxy) is 1. The molecule has 21 heavy (non-hydrogen) atoms. The number of amidine groups is 1. The van der Waals surface area contributed by atoms with Crippen molar-refractivity contribution in [2.75, 3.05) is 5.32 Å². The molecule has 1 amide bonds. The number of aromatic nitrogens is 1. The lowest BCUT2D eigenvalue weighted by atomic mass is 10.0. The summed E-state index contributed by atoms with van der Waals surface area (Å²) in [6.45, 7) is 0. The van der Waals surface area contributed by atoms with Crippen LogP contribution in [0.2, 0.25) is 0 Å². The number of fused-ring (bicyclic) bond motifs is 1. The summed E-state index contributed by atoms with van der Waals surface area (Å²) in [6, 6.07) is 8.74. The Morgan fingerprint density at radius 2 is 2.14 bits per heavy atom. The third-order valence-electron chi connectivity index (χ3n) is 3.24. The molecule has 3 rings (SSSR count). The molecule has 0 fully saturated rings. The average molecular weight is 282 g/mol. The summed E-state index contributed by atoms with van der Waals surface area (Å²) < 4.78 is 5.69. The van der Waals surface area contributed by atoms with Crippen LogP contribution in [-0.2, 0) is 11.2 Å². The molecule has 4 N–H and O–H groups in total. The van der Waals surface area contributed by atoms with E-state index in [1.807, 2.05) is 12.1 Å². The van der Waals surface area contributed by atoms with Crippen LogP contribution < -0.4 is 15.8 Å². The van der Waals surface area contributed by atoms with Gasteiger partial charge in [0, 0.05) is 29.9 Å². The molecule has 0 saturated heterocycles. The molecule has 1 aromatic heterocycles. The van der Waals surface area contributed by atoms with Gasteiger partial charge >= 0.3 is 0 Å². The number of benzene rings is 1. The van der Waals surface area contributed by atoms with Gasteiger partial charge in [-0.25, -0.2) is 4.98 Å². The summed E-state index contributed by atoms with van der Waals surface area (Å²) in [5, 5.41) is 10.2. The first kappa shape index (κ1) is 13.1. The van der Waals surface area contributed by atoms with Gasteiger partial charge in [0.15, 0.2) is 0 Å². The third-order valence-corrected chi connectivity index (χ3v) is 3.24. The number of nitrogens with zero attached hydrogens (tertiary/aromatic N) is 1. The van der Waals surface area contributed by atoms with E-state index in [9.17, 15) is 4.79 Å². The number of carbonyl (C=O) groups excluding carboxylic acids is 1. The number of aryl methyl sites for hydroxylation is 1. The maximum Gasteiger partial charge on any atom is 0.224 e. The van der Waals surface area contributed by atoms with Gasteiger partial charge < -0.3 is 15.8 Å². The molecule has 0 unspecified atom stereocenters. The first-order valence-electron chi connectivity index (χ1n) is 6.53. The largest absolute Gasteiger partial charge is 0.439 e. The summed E-state index contributed by atoms with van der Waals surface area (Å²) in [5.74, 6) is 1.02. The minimum atomic E-state index is -0.0320. The summed E-state index contributed by atoms with van der Waals surface area (Å²) in [7, 11) is 0. The molecule has 0 spiro atoms. The lowest BCUT2D eigenvalue weighted by molar-refractivity contribution is -0.116. The minimum absolute atomic E-state index is 0.0320. The Morgan fingerprint density at radius 1 is 1.29 bits per heavy atom. The molecule has 0 radical (unpaired) electrons. The second-order valence-corrected chi connectivity index (χ2v) is 4.77. The van der Waals surface area contributed by atoms with Gasteiger partial charge in [0.25, 0.3) is 0 Å². The highest BCUT2D eigenvalue weighted by Gasteiger charge is 2.15. The van der Waals surface area contributed by atoms with Crippen LogP contribution in [-0.4, -0.2) is 16.7 Å². The quantitative estimate of drug-likeness (QED) is 0.592. The first-order valence-corrected chi connectivity index (χ1v) is 6.53. The number of nitrogens with two attached hydrogens (primary N) is 1. The van der Waals surface area contributed by atoms with Crippen LogP contribution in [0.3, 0.4) is 0 Å². The van der Waals surface area contributed by atoms with Gasteiger partial charge in [0.1, 0.15) is 11.6 Å². The Labute approximate surface area is 121 Å². The molecule has 1 aliphatic rings. The van der Waals surface area contributed by atoms with Gasteiger partial charge in [0.05, 0.1) is 0 Å². The molecule has 6 nitrogen and oxygen atoms in total. The van der Waals surface area contributed by atoms with Crippen LogP contribution in [0.5, 0.6) is 11.6 Å². The molecule has 2 heterocycles. The van der Waals surface area contributed by atoms with E-state index in [4.69, 9.17) is 15.9 Å². The Balaban J connectivity index is 1.84. The summed E-state index contributed by atoms with van der Waals surface area (Å²) >= 11 is 0. The second-order valence-electron chi connectivity index (χ2n) is 4.77. The Kier molecular flexibility index (Phi) is 3.27. The van der Waals surface area contributed by atoms with E-state index < -0.39 is 0 Å². The summed E-state index contributed by atoms with van der Waals surface area (Å²) in [5.41, 5.74) is 7.86. The molecule has 106 valence electrons. The highest BCUT2D eigenvalue weighted by molar-refractivity contribution is 5.95. The van der Waals surface area contributed by atoms with Crippen LogP contribution >= 0.6 is 0 Å². The number of amides is 1. The molecular weight excluding hydrogens is 268 g/mol. The standard InChI is InChI=1S/C15H14N4O2/c16-15(17)10-5-6-18-14(8-10)21-11-2-3-12-9(7-11)1-4-13(20)19-12/h2-3,5-8H,1,4H2,(H3,16,17)(H,19,20). The highest BCUT2D eigenvalue weighted by atomic mass is 16.5. The maximum atomic E-state index is 11.3. The minimum Gasteiger partial charge on any atom is -0.439 e. The van der Waals surface area contributed by atoms with Crippen molar-refractivity contribution in [1.29, 1.82) is 5.41 Å². The van der Waals surface area contributed by atoms with E-state index in [-0.39, 0.29) is 11.7 Å². The second kappa shape index (κ2) is 5.24. The lowest BCUT2D eigenvalue weighted by Crippen LogP contribution is -2.18. The first-order chi connectivity index (χ1) is 10.1. The maximum absolute atomic E-state index is 11.3. The van der Waals surface area contributed by atoms with Crippen LogP contribution in [0.4, 0.5) is 5.69 Å². The van der Waals surface area contributed by atoms with Crippen LogP contribution in [0.1, 0.15) is 17.5 Å². The van der Waals surface area contributed by atoms with E-state index >= 15 is 0 Å². The number of nitrogen functional groups attached to an aromatic ring is 1. The number of nitrogens with one attached hydrogen (secondary N) is 2. The van der Waals surface area contributed by atoms with Crippen molar-refractivity contribution in [2.45, 2.75) is 12.8 Å².